The van der Waals surface area contributed by atoms with Gasteiger partial charge in [0.1, 0.15) is 5.69 Å². The van der Waals surface area contributed by atoms with Crippen molar-refractivity contribution in [3.8, 4) is 0 Å². The van der Waals surface area contributed by atoms with Crippen molar-refractivity contribution in [2.45, 2.75) is 6.54 Å². The van der Waals surface area contributed by atoms with Crippen molar-refractivity contribution in [2.75, 3.05) is 5.32 Å². The lowest BCUT2D eigenvalue weighted by molar-refractivity contribution is -0.383. The van der Waals surface area contributed by atoms with Gasteiger partial charge in [0.25, 0.3) is 5.69 Å². The number of nitro groups is 1. The van der Waals surface area contributed by atoms with Gasteiger partial charge in [0.15, 0.2) is 0 Å². The molecule has 0 unspecified atom stereocenters. The number of hydrogen-bond donors (Lipinski definition) is 1. The van der Waals surface area contributed by atoms with E-state index < -0.39 is 4.92 Å². The molecule has 2 aromatic rings. The van der Waals surface area contributed by atoms with Gasteiger partial charge in [-0.15, -0.1) is 0 Å². The Kier molecular flexibility index (Phi) is 3.92. The van der Waals surface area contributed by atoms with Crippen LogP contribution in [0.15, 0.2) is 24.4 Å². The summed E-state index contributed by atoms with van der Waals surface area (Å²) >= 11 is 11.6. The molecule has 0 aliphatic heterocycles. The van der Waals surface area contributed by atoms with E-state index in [0.29, 0.717) is 12.2 Å². The summed E-state index contributed by atoms with van der Waals surface area (Å²) in [4.78, 5) is 10.5. The molecule has 0 atom stereocenters. The van der Waals surface area contributed by atoms with Crippen LogP contribution in [0.25, 0.3) is 0 Å². The van der Waals surface area contributed by atoms with Crippen LogP contribution in [-0.4, -0.2) is 14.7 Å². The molecule has 1 aromatic heterocycles. The maximum Gasteiger partial charge on any atom is 0.293 e. The van der Waals surface area contributed by atoms with Crippen LogP contribution >= 0.6 is 23.2 Å². The van der Waals surface area contributed by atoms with E-state index in [1.54, 1.807) is 17.9 Å². The van der Waals surface area contributed by atoms with Crippen molar-refractivity contribution in [1.29, 1.82) is 0 Å². The molecular weight excluding hydrogens is 291 g/mol. The zero-order valence-corrected chi connectivity index (χ0v) is 11.4. The second kappa shape index (κ2) is 5.46. The molecule has 0 aliphatic carbocycles. The summed E-state index contributed by atoms with van der Waals surface area (Å²) in [6.45, 7) is 0.398. The maximum absolute atomic E-state index is 11.0. The first-order valence-electron chi connectivity index (χ1n) is 5.33. The molecule has 100 valence electrons. The normalized spacial score (nSPS) is 10.5. The van der Waals surface area contributed by atoms with Crippen molar-refractivity contribution in [1.82, 2.24) is 9.78 Å². The van der Waals surface area contributed by atoms with Crippen LogP contribution < -0.4 is 5.32 Å². The monoisotopic (exact) mass is 300 g/mol. The predicted octanol–water partition coefficient (Wildman–Crippen LogP) is 3.25. The lowest BCUT2D eigenvalue weighted by atomic mass is 10.2. The maximum atomic E-state index is 11.0. The first-order chi connectivity index (χ1) is 8.99. The average molecular weight is 301 g/mol. The molecule has 0 spiro atoms. The fraction of sp³-hybridized carbons (Fsp3) is 0.182. The van der Waals surface area contributed by atoms with Crippen LogP contribution in [-0.2, 0) is 13.6 Å². The van der Waals surface area contributed by atoms with Crippen LogP contribution in [0.2, 0.25) is 10.0 Å². The number of hydrogen-bond acceptors (Lipinski definition) is 4. The standard InChI is InChI=1S/C11H10Cl2N4O2/c1-16-7(2-3-15-16)6-14-10-4-8(12)9(13)5-11(10)17(18)19/h2-5,14H,6H2,1H3. The predicted molar refractivity (Wildman–Crippen MR) is 73.7 cm³/mol. The molecule has 0 saturated carbocycles. The number of halogens is 2. The highest BCUT2D eigenvalue weighted by atomic mass is 35.5. The number of benzene rings is 1. The smallest absolute Gasteiger partial charge is 0.293 e. The van der Waals surface area contributed by atoms with Gasteiger partial charge in [-0.2, -0.15) is 5.10 Å². The van der Waals surface area contributed by atoms with Crippen molar-refractivity contribution < 1.29 is 4.92 Å². The lowest BCUT2D eigenvalue weighted by Gasteiger charge is -2.08. The molecule has 0 aliphatic rings. The number of anilines is 1. The van der Waals surface area contributed by atoms with Crippen molar-refractivity contribution in [3.05, 3.63) is 50.2 Å². The van der Waals surface area contributed by atoms with Crippen molar-refractivity contribution in [3.63, 3.8) is 0 Å². The molecule has 1 N–H and O–H groups in total. The Morgan fingerprint density at radius 2 is 2.11 bits per heavy atom. The van der Waals surface area contributed by atoms with E-state index in [0.717, 1.165) is 5.69 Å². The van der Waals surface area contributed by atoms with E-state index in [9.17, 15) is 10.1 Å². The number of aryl methyl sites for hydroxylation is 1. The van der Waals surface area contributed by atoms with Crippen LogP contribution in [0.3, 0.4) is 0 Å². The summed E-state index contributed by atoms with van der Waals surface area (Å²) in [7, 11) is 1.79. The quantitative estimate of drug-likeness (QED) is 0.695. The molecule has 0 bridgehead atoms. The summed E-state index contributed by atoms with van der Waals surface area (Å²) in [5, 5.41) is 18.3. The molecular formula is C11H10Cl2N4O2. The third-order valence-electron chi connectivity index (χ3n) is 2.62. The number of nitro benzene ring substituents is 1. The fourth-order valence-electron chi connectivity index (χ4n) is 1.59. The highest BCUT2D eigenvalue weighted by Crippen LogP contribution is 2.34. The highest BCUT2D eigenvalue weighted by molar-refractivity contribution is 6.42. The Labute approximate surface area is 119 Å². The minimum atomic E-state index is -0.506. The minimum absolute atomic E-state index is 0.114. The van der Waals surface area contributed by atoms with Gasteiger partial charge in [-0.1, -0.05) is 23.2 Å². The second-order valence-corrected chi connectivity index (χ2v) is 4.65. The van der Waals surface area contributed by atoms with E-state index >= 15 is 0 Å². The van der Waals surface area contributed by atoms with E-state index in [-0.39, 0.29) is 15.7 Å². The molecule has 2 rings (SSSR count). The summed E-state index contributed by atoms with van der Waals surface area (Å²) in [5.74, 6) is 0. The van der Waals surface area contributed by atoms with Gasteiger partial charge in [0.2, 0.25) is 0 Å². The SMILES string of the molecule is Cn1nccc1CNc1cc(Cl)c(Cl)cc1[N+](=O)[O-]. The Morgan fingerprint density at radius 1 is 1.42 bits per heavy atom. The van der Waals surface area contributed by atoms with Gasteiger partial charge < -0.3 is 5.32 Å². The summed E-state index contributed by atoms with van der Waals surface area (Å²) in [6, 6.07) is 4.49. The Bertz CT molecular complexity index is 627. The van der Waals surface area contributed by atoms with Gasteiger partial charge >= 0.3 is 0 Å². The molecule has 0 amide bonds. The van der Waals surface area contributed by atoms with E-state index in [2.05, 4.69) is 10.4 Å². The van der Waals surface area contributed by atoms with Gasteiger partial charge in [-0.05, 0) is 12.1 Å². The Balaban J connectivity index is 2.26. The molecule has 1 heterocycles. The van der Waals surface area contributed by atoms with Crippen LogP contribution in [0.1, 0.15) is 5.69 Å². The third-order valence-corrected chi connectivity index (χ3v) is 3.34. The summed E-state index contributed by atoms with van der Waals surface area (Å²) < 4.78 is 1.68. The lowest BCUT2D eigenvalue weighted by Crippen LogP contribution is -2.07. The topological polar surface area (TPSA) is 73.0 Å². The second-order valence-electron chi connectivity index (χ2n) is 3.84. The van der Waals surface area contributed by atoms with E-state index in [4.69, 9.17) is 23.2 Å². The van der Waals surface area contributed by atoms with Gasteiger partial charge in [0.05, 0.1) is 27.2 Å². The van der Waals surface area contributed by atoms with Crippen molar-refractivity contribution >= 4 is 34.6 Å². The summed E-state index contributed by atoms with van der Waals surface area (Å²) in [5.41, 5.74) is 1.09. The first-order valence-corrected chi connectivity index (χ1v) is 6.09. The number of rotatable bonds is 4. The number of nitrogens with one attached hydrogen (secondary N) is 1. The van der Waals surface area contributed by atoms with Gasteiger partial charge in [-0.25, -0.2) is 0 Å². The zero-order chi connectivity index (χ0) is 14.0. The number of aromatic nitrogens is 2. The fourth-order valence-corrected chi connectivity index (χ4v) is 1.91. The zero-order valence-electron chi connectivity index (χ0n) is 9.93. The van der Waals surface area contributed by atoms with Crippen LogP contribution in [0, 0.1) is 10.1 Å². The van der Waals surface area contributed by atoms with Crippen LogP contribution in [0.4, 0.5) is 11.4 Å². The Morgan fingerprint density at radius 3 is 2.68 bits per heavy atom. The molecule has 6 nitrogen and oxygen atoms in total. The summed E-state index contributed by atoms with van der Waals surface area (Å²) in [6.07, 6.45) is 1.65. The third kappa shape index (κ3) is 2.97. The molecule has 8 heteroatoms. The largest absolute Gasteiger partial charge is 0.374 e. The number of nitrogens with zero attached hydrogens (tertiary/aromatic N) is 3. The van der Waals surface area contributed by atoms with Crippen molar-refractivity contribution in [2.24, 2.45) is 7.05 Å². The molecule has 1 aromatic carbocycles. The van der Waals surface area contributed by atoms with Gasteiger partial charge in [-0.3, -0.25) is 14.8 Å². The minimum Gasteiger partial charge on any atom is -0.374 e. The van der Waals surface area contributed by atoms with Gasteiger partial charge in [0, 0.05) is 19.3 Å². The molecule has 0 radical (unpaired) electrons. The van der Waals surface area contributed by atoms with Crippen LogP contribution in [0.5, 0.6) is 0 Å². The Hall–Kier alpha value is -1.79. The van der Waals surface area contributed by atoms with E-state index in [1.165, 1.54) is 12.1 Å². The first kappa shape index (κ1) is 13.6. The molecule has 19 heavy (non-hydrogen) atoms. The van der Waals surface area contributed by atoms with E-state index in [1.807, 2.05) is 6.07 Å². The molecule has 0 saturated heterocycles. The average Bonchev–Trinajstić information content (AvgIpc) is 2.75. The highest BCUT2D eigenvalue weighted by Gasteiger charge is 2.17. The molecule has 0 fully saturated rings.